The second-order valence-corrected chi connectivity index (χ2v) is 8.54. The van der Waals surface area contributed by atoms with Crippen molar-refractivity contribution in [2.75, 3.05) is 33.3 Å². The van der Waals surface area contributed by atoms with Gasteiger partial charge in [0.2, 0.25) is 0 Å². The van der Waals surface area contributed by atoms with E-state index in [0.29, 0.717) is 48.6 Å². The molecule has 12 heteroatoms. The minimum absolute atomic E-state index is 0.0245. The van der Waals surface area contributed by atoms with E-state index in [9.17, 15) is 18.0 Å². The van der Waals surface area contributed by atoms with Crippen LogP contribution in [0.2, 0.25) is 0 Å². The molecule has 0 spiro atoms. The van der Waals surface area contributed by atoms with Crippen molar-refractivity contribution in [2.24, 2.45) is 0 Å². The number of carbonyl (C=O) groups is 1. The molecule has 1 fully saturated rings. The molecule has 5 rings (SSSR count). The number of piperazine rings is 1. The van der Waals surface area contributed by atoms with Gasteiger partial charge in [-0.3, -0.25) is 9.69 Å². The third-order valence-corrected chi connectivity index (χ3v) is 6.10. The second kappa shape index (κ2) is 9.26. The van der Waals surface area contributed by atoms with Crippen molar-refractivity contribution in [2.45, 2.75) is 19.6 Å². The van der Waals surface area contributed by atoms with Gasteiger partial charge in [0, 0.05) is 44.4 Å². The molecule has 1 aliphatic rings. The van der Waals surface area contributed by atoms with Crippen LogP contribution in [0.25, 0.3) is 16.9 Å². The lowest BCUT2D eigenvalue weighted by molar-refractivity contribution is -0.142. The molecule has 188 valence electrons. The summed E-state index contributed by atoms with van der Waals surface area (Å²) in [5, 5.41) is 7.87. The van der Waals surface area contributed by atoms with Crippen LogP contribution in [0.3, 0.4) is 0 Å². The summed E-state index contributed by atoms with van der Waals surface area (Å²) in [6.07, 6.45) is -3.54. The third kappa shape index (κ3) is 4.63. The van der Waals surface area contributed by atoms with Gasteiger partial charge in [-0.2, -0.15) is 18.3 Å². The lowest BCUT2D eigenvalue weighted by Gasteiger charge is -2.34. The quantitative estimate of drug-likeness (QED) is 0.413. The Morgan fingerprint density at radius 2 is 1.83 bits per heavy atom. The first-order chi connectivity index (χ1) is 17.2. The maximum absolute atomic E-state index is 13.9. The molecule has 1 saturated heterocycles. The Morgan fingerprint density at radius 3 is 2.44 bits per heavy atom. The Morgan fingerprint density at radius 1 is 1.11 bits per heavy atom. The van der Waals surface area contributed by atoms with Crippen LogP contribution in [-0.2, 0) is 12.7 Å². The molecule has 0 atom stereocenters. The van der Waals surface area contributed by atoms with Crippen LogP contribution < -0.4 is 4.74 Å². The summed E-state index contributed by atoms with van der Waals surface area (Å²) in [4.78, 5) is 21.5. The van der Waals surface area contributed by atoms with Crippen molar-refractivity contribution < 1.29 is 27.2 Å². The summed E-state index contributed by atoms with van der Waals surface area (Å²) in [6.45, 7) is 4.43. The Bertz CT molecular complexity index is 1390. The van der Waals surface area contributed by atoms with Gasteiger partial charge in [-0.05, 0) is 37.3 Å². The number of alkyl halides is 3. The fraction of sp³-hybridized carbons (Fsp3) is 0.333. The summed E-state index contributed by atoms with van der Waals surface area (Å²) in [5.74, 6) is 0.884. The SMILES string of the molecule is COc1ccc(-c2cc(C(F)(F)F)n3ncc(C(=O)N4CCN(Cc5cc(C)on5)CC4)c3n2)cc1. The molecule has 9 nitrogen and oxygen atoms in total. The lowest BCUT2D eigenvalue weighted by atomic mass is 10.1. The zero-order chi connectivity index (χ0) is 25.4. The average molecular weight is 500 g/mol. The molecule has 3 aromatic heterocycles. The molecule has 0 N–H and O–H groups in total. The van der Waals surface area contributed by atoms with Gasteiger partial charge in [0.15, 0.2) is 11.3 Å². The van der Waals surface area contributed by atoms with Gasteiger partial charge in [0.05, 0.1) is 24.7 Å². The van der Waals surface area contributed by atoms with Crippen molar-refractivity contribution in [1.29, 1.82) is 0 Å². The Hall–Kier alpha value is -3.93. The van der Waals surface area contributed by atoms with Crippen LogP contribution in [0.4, 0.5) is 13.2 Å². The Labute approximate surface area is 204 Å². The van der Waals surface area contributed by atoms with E-state index in [0.717, 1.165) is 23.7 Å². The number of carbonyl (C=O) groups excluding carboxylic acids is 1. The second-order valence-electron chi connectivity index (χ2n) is 8.54. The molecule has 4 aromatic rings. The van der Waals surface area contributed by atoms with E-state index >= 15 is 0 Å². The summed E-state index contributed by atoms with van der Waals surface area (Å²) in [6, 6.07) is 9.30. The van der Waals surface area contributed by atoms with Crippen LogP contribution in [0.5, 0.6) is 5.75 Å². The van der Waals surface area contributed by atoms with Gasteiger partial charge < -0.3 is 14.2 Å². The lowest BCUT2D eigenvalue weighted by Crippen LogP contribution is -2.48. The fourth-order valence-corrected chi connectivity index (χ4v) is 4.23. The van der Waals surface area contributed by atoms with Crippen molar-refractivity contribution in [3.8, 4) is 17.0 Å². The Kier molecular flexibility index (Phi) is 6.12. The molecule has 1 aliphatic heterocycles. The van der Waals surface area contributed by atoms with Crippen molar-refractivity contribution in [3.05, 3.63) is 65.3 Å². The third-order valence-electron chi connectivity index (χ3n) is 6.10. The number of aryl methyl sites for hydroxylation is 1. The van der Waals surface area contributed by atoms with Crippen LogP contribution in [0.15, 0.2) is 47.1 Å². The van der Waals surface area contributed by atoms with E-state index in [4.69, 9.17) is 9.26 Å². The molecule has 1 amide bonds. The molecule has 0 saturated carbocycles. The van der Waals surface area contributed by atoms with Gasteiger partial charge in [-0.25, -0.2) is 9.50 Å². The van der Waals surface area contributed by atoms with Crippen molar-refractivity contribution in [3.63, 3.8) is 0 Å². The number of nitrogens with zero attached hydrogens (tertiary/aromatic N) is 6. The molecule has 36 heavy (non-hydrogen) atoms. The summed E-state index contributed by atoms with van der Waals surface area (Å²) in [5.41, 5.74) is 0.229. The highest BCUT2D eigenvalue weighted by atomic mass is 19.4. The largest absolute Gasteiger partial charge is 0.497 e. The zero-order valence-corrected chi connectivity index (χ0v) is 19.6. The number of halogens is 3. The normalized spacial score (nSPS) is 15.0. The maximum atomic E-state index is 13.9. The number of hydrogen-bond donors (Lipinski definition) is 0. The fourth-order valence-electron chi connectivity index (χ4n) is 4.23. The molecule has 1 aromatic carbocycles. The van der Waals surface area contributed by atoms with Gasteiger partial charge in [-0.15, -0.1) is 0 Å². The topological polar surface area (TPSA) is 89.0 Å². The average Bonchev–Trinajstić information content (AvgIpc) is 3.48. The number of hydrogen-bond acceptors (Lipinski definition) is 7. The van der Waals surface area contributed by atoms with Gasteiger partial charge in [0.1, 0.15) is 17.1 Å². The molecular weight excluding hydrogens is 477 g/mol. The molecule has 4 heterocycles. The number of rotatable bonds is 5. The minimum Gasteiger partial charge on any atom is -0.497 e. The molecular formula is C24H23F3N6O3. The summed E-state index contributed by atoms with van der Waals surface area (Å²) >= 11 is 0. The summed E-state index contributed by atoms with van der Waals surface area (Å²) < 4.78 is 52.6. The molecule has 0 aliphatic carbocycles. The first-order valence-electron chi connectivity index (χ1n) is 11.3. The van der Waals surface area contributed by atoms with Crippen LogP contribution in [-0.4, -0.2) is 68.8 Å². The number of ether oxygens (including phenoxy) is 1. The Balaban J connectivity index is 1.42. The highest BCUT2D eigenvalue weighted by Crippen LogP contribution is 2.33. The van der Waals surface area contributed by atoms with Gasteiger partial charge in [-0.1, -0.05) is 5.16 Å². The highest BCUT2D eigenvalue weighted by molar-refractivity contribution is 6.00. The number of fused-ring (bicyclic) bond motifs is 1. The van der Waals surface area contributed by atoms with E-state index < -0.39 is 17.8 Å². The van der Waals surface area contributed by atoms with E-state index in [1.54, 1.807) is 29.2 Å². The van der Waals surface area contributed by atoms with E-state index in [2.05, 4.69) is 20.1 Å². The summed E-state index contributed by atoms with van der Waals surface area (Å²) in [7, 11) is 1.50. The monoisotopic (exact) mass is 500 g/mol. The van der Waals surface area contributed by atoms with Crippen LogP contribution >= 0.6 is 0 Å². The predicted octanol–water partition coefficient (Wildman–Crippen LogP) is 3.68. The molecule has 0 radical (unpaired) electrons. The first-order valence-corrected chi connectivity index (χ1v) is 11.3. The van der Waals surface area contributed by atoms with Gasteiger partial charge >= 0.3 is 6.18 Å². The highest BCUT2D eigenvalue weighted by Gasteiger charge is 2.36. The van der Waals surface area contributed by atoms with Crippen LogP contribution in [0, 0.1) is 6.92 Å². The number of methoxy groups -OCH3 is 1. The molecule has 0 unspecified atom stereocenters. The first kappa shape index (κ1) is 23.8. The van der Waals surface area contributed by atoms with Crippen molar-refractivity contribution >= 4 is 11.6 Å². The van der Waals surface area contributed by atoms with E-state index in [-0.39, 0.29) is 16.9 Å². The maximum Gasteiger partial charge on any atom is 0.433 e. The minimum atomic E-state index is -4.69. The number of benzene rings is 1. The number of amides is 1. The predicted molar refractivity (Wildman–Crippen MR) is 122 cm³/mol. The van der Waals surface area contributed by atoms with E-state index in [1.807, 2.05) is 13.0 Å². The van der Waals surface area contributed by atoms with E-state index in [1.165, 1.54) is 7.11 Å². The number of aromatic nitrogens is 4. The zero-order valence-electron chi connectivity index (χ0n) is 19.6. The standard InChI is InChI=1S/C24H23F3N6O3/c1-15-11-17(30-36-15)14-31-7-9-32(10-8-31)23(34)19-13-28-33-21(24(25,26)27)12-20(29-22(19)33)16-3-5-18(35-2)6-4-16/h3-6,11-13H,7-10,14H2,1-2H3. The van der Waals surface area contributed by atoms with Crippen LogP contribution in [0.1, 0.15) is 27.5 Å². The van der Waals surface area contributed by atoms with Gasteiger partial charge in [0.25, 0.3) is 5.91 Å². The smallest absolute Gasteiger partial charge is 0.433 e. The molecule has 0 bridgehead atoms. The van der Waals surface area contributed by atoms with Crippen molar-refractivity contribution in [1.82, 2.24) is 29.6 Å².